The van der Waals surface area contributed by atoms with Crippen LogP contribution in [0.2, 0.25) is 0 Å². The van der Waals surface area contributed by atoms with Crippen molar-refractivity contribution in [2.75, 3.05) is 11.4 Å². The molecule has 146 valence electrons. The molecule has 0 atom stereocenters. The Balaban J connectivity index is 1.59. The van der Waals surface area contributed by atoms with Crippen molar-refractivity contribution in [2.45, 2.75) is 26.2 Å². The summed E-state index contributed by atoms with van der Waals surface area (Å²) in [6, 6.07) is 14.9. The van der Waals surface area contributed by atoms with E-state index in [4.69, 9.17) is 4.98 Å². The highest BCUT2D eigenvalue weighted by atomic mass is 16.6. The zero-order valence-corrected chi connectivity index (χ0v) is 16.3. The maximum Gasteiger partial charge on any atom is 0.271 e. The van der Waals surface area contributed by atoms with Crippen molar-refractivity contribution >= 4 is 23.3 Å². The lowest BCUT2D eigenvalue weighted by atomic mass is 9.98. The molecule has 0 saturated carbocycles. The summed E-state index contributed by atoms with van der Waals surface area (Å²) in [6.45, 7) is 2.64. The van der Waals surface area contributed by atoms with Crippen LogP contribution < -0.4 is 4.90 Å². The van der Waals surface area contributed by atoms with Crippen LogP contribution in [0.25, 0.3) is 6.08 Å². The van der Waals surface area contributed by atoms with Gasteiger partial charge in [-0.1, -0.05) is 12.1 Å². The molecule has 1 aromatic carbocycles. The Morgan fingerprint density at radius 3 is 2.72 bits per heavy atom. The molecule has 0 saturated heterocycles. The highest BCUT2D eigenvalue weighted by Crippen LogP contribution is 2.35. The molecular formula is C23H22N4O2. The normalized spacial score (nSPS) is 13.0. The molecule has 0 amide bonds. The molecule has 1 aliphatic rings. The molecule has 6 nitrogen and oxygen atoms in total. The number of aryl methyl sites for hydroxylation is 2. The second-order valence-corrected chi connectivity index (χ2v) is 7.24. The zero-order valence-electron chi connectivity index (χ0n) is 16.3. The number of benzene rings is 1. The molecule has 0 aliphatic carbocycles. The SMILES string of the molecule is Cc1ccc2c(n1)N(c1cccc([N+](=O)[O-])c1)CC(CCCc1ccncc1)=C2. The van der Waals surface area contributed by atoms with Gasteiger partial charge in [0.25, 0.3) is 5.69 Å². The van der Waals surface area contributed by atoms with Crippen molar-refractivity contribution in [3.05, 3.63) is 93.4 Å². The molecular weight excluding hydrogens is 364 g/mol. The Morgan fingerprint density at radius 2 is 1.93 bits per heavy atom. The number of hydrogen-bond acceptors (Lipinski definition) is 5. The van der Waals surface area contributed by atoms with Crippen molar-refractivity contribution < 1.29 is 4.92 Å². The molecule has 3 aromatic rings. The highest BCUT2D eigenvalue weighted by Gasteiger charge is 2.22. The Morgan fingerprint density at radius 1 is 1.10 bits per heavy atom. The molecule has 4 rings (SSSR count). The van der Waals surface area contributed by atoms with Crippen LogP contribution in [0.5, 0.6) is 0 Å². The Labute approximate surface area is 169 Å². The van der Waals surface area contributed by atoms with Crippen molar-refractivity contribution in [1.82, 2.24) is 9.97 Å². The average molecular weight is 386 g/mol. The van der Waals surface area contributed by atoms with E-state index < -0.39 is 0 Å². The fourth-order valence-corrected chi connectivity index (χ4v) is 3.63. The largest absolute Gasteiger partial charge is 0.322 e. The number of fused-ring (bicyclic) bond motifs is 1. The van der Waals surface area contributed by atoms with E-state index in [0.717, 1.165) is 42.0 Å². The van der Waals surface area contributed by atoms with Crippen molar-refractivity contribution in [1.29, 1.82) is 0 Å². The topological polar surface area (TPSA) is 72.2 Å². The lowest BCUT2D eigenvalue weighted by molar-refractivity contribution is -0.384. The summed E-state index contributed by atoms with van der Waals surface area (Å²) in [7, 11) is 0. The quantitative estimate of drug-likeness (QED) is 0.427. The van der Waals surface area contributed by atoms with Gasteiger partial charge in [-0.2, -0.15) is 0 Å². The zero-order chi connectivity index (χ0) is 20.2. The van der Waals surface area contributed by atoms with Crippen LogP contribution >= 0.6 is 0 Å². The predicted molar refractivity (Wildman–Crippen MR) is 114 cm³/mol. The van der Waals surface area contributed by atoms with Gasteiger partial charge in [0, 0.05) is 48.0 Å². The maximum absolute atomic E-state index is 11.2. The van der Waals surface area contributed by atoms with E-state index >= 15 is 0 Å². The first-order chi connectivity index (χ1) is 14.1. The number of nitro groups is 1. The van der Waals surface area contributed by atoms with Gasteiger partial charge in [0.2, 0.25) is 0 Å². The lowest BCUT2D eigenvalue weighted by Gasteiger charge is -2.30. The molecule has 0 N–H and O–H groups in total. The van der Waals surface area contributed by atoms with Gasteiger partial charge in [-0.25, -0.2) is 4.98 Å². The van der Waals surface area contributed by atoms with Gasteiger partial charge in [-0.3, -0.25) is 15.1 Å². The minimum absolute atomic E-state index is 0.0884. The first-order valence-electron chi connectivity index (χ1n) is 9.68. The molecule has 0 spiro atoms. The van der Waals surface area contributed by atoms with Gasteiger partial charge >= 0.3 is 0 Å². The summed E-state index contributed by atoms with van der Waals surface area (Å²) >= 11 is 0. The van der Waals surface area contributed by atoms with Gasteiger partial charge in [-0.15, -0.1) is 0 Å². The number of anilines is 2. The number of nitro benzene ring substituents is 1. The minimum Gasteiger partial charge on any atom is -0.322 e. The predicted octanol–water partition coefficient (Wildman–Crippen LogP) is 5.25. The fourth-order valence-electron chi connectivity index (χ4n) is 3.63. The van der Waals surface area contributed by atoms with E-state index in [1.54, 1.807) is 12.1 Å². The van der Waals surface area contributed by atoms with E-state index in [-0.39, 0.29) is 10.6 Å². The summed E-state index contributed by atoms with van der Waals surface area (Å²) < 4.78 is 0. The number of pyridine rings is 2. The van der Waals surface area contributed by atoms with Crippen LogP contribution in [0.1, 0.15) is 29.7 Å². The number of non-ortho nitro benzene ring substituents is 1. The Hall–Kier alpha value is -3.54. The summed E-state index contributed by atoms with van der Waals surface area (Å²) in [4.78, 5) is 21.7. The monoisotopic (exact) mass is 386 g/mol. The van der Waals surface area contributed by atoms with Crippen LogP contribution in [0, 0.1) is 17.0 Å². The first-order valence-corrected chi connectivity index (χ1v) is 9.68. The molecule has 1 aliphatic heterocycles. The first kappa shape index (κ1) is 18.8. The van der Waals surface area contributed by atoms with Crippen molar-refractivity contribution in [2.24, 2.45) is 0 Å². The molecule has 0 radical (unpaired) electrons. The smallest absolute Gasteiger partial charge is 0.271 e. The van der Waals surface area contributed by atoms with Crippen molar-refractivity contribution in [3.8, 4) is 0 Å². The summed E-state index contributed by atoms with van der Waals surface area (Å²) in [5.74, 6) is 0.850. The van der Waals surface area contributed by atoms with Crippen LogP contribution in [0.3, 0.4) is 0 Å². The van der Waals surface area contributed by atoms with Crippen molar-refractivity contribution in [3.63, 3.8) is 0 Å². The molecule has 3 heterocycles. The van der Waals surface area contributed by atoms with Gasteiger partial charge < -0.3 is 4.90 Å². The lowest BCUT2D eigenvalue weighted by Crippen LogP contribution is -2.25. The Bertz CT molecular complexity index is 1060. The van der Waals surface area contributed by atoms with E-state index in [0.29, 0.717) is 6.54 Å². The summed E-state index contributed by atoms with van der Waals surface area (Å²) in [6.07, 6.45) is 8.85. The van der Waals surface area contributed by atoms with Gasteiger partial charge in [0.15, 0.2) is 0 Å². The van der Waals surface area contributed by atoms with Crippen LogP contribution in [-0.2, 0) is 6.42 Å². The number of rotatable bonds is 6. The third kappa shape index (κ3) is 4.32. The van der Waals surface area contributed by atoms with Gasteiger partial charge in [0.1, 0.15) is 5.82 Å². The number of hydrogen-bond donors (Lipinski definition) is 0. The molecule has 29 heavy (non-hydrogen) atoms. The minimum atomic E-state index is -0.358. The standard InChI is InChI=1S/C23H22N4O2/c1-17-8-9-20-14-19(5-2-4-18-10-12-24-13-11-18)16-26(23(20)25-17)21-6-3-7-22(15-21)27(28)29/h3,6-15H,2,4-5,16H2,1H3. The van der Waals surface area contributed by atoms with E-state index in [2.05, 4.69) is 22.0 Å². The summed E-state index contributed by atoms with van der Waals surface area (Å²) in [5, 5.41) is 11.2. The maximum atomic E-state index is 11.2. The second-order valence-electron chi connectivity index (χ2n) is 7.24. The Kier molecular flexibility index (Phi) is 5.33. The van der Waals surface area contributed by atoms with Gasteiger partial charge in [-0.05, 0) is 67.7 Å². The summed E-state index contributed by atoms with van der Waals surface area (Å²) in [5.41, 5.74) is 5.43. The molecule has 0 fully saturated rings. The second kappa shape index (κ2) is 8.22. The van der Waals surface area contributed by atoms with E-state index in [9.17, 15) is 10.1 Å². The number of aromatic nitrogens is 2. The highest BCUT2D eigenvalue weighted by molar-refractivity contribution is 5.77. The molecule has 6 heteroatoms. The van der Waals surface area contributed by atoms with Gasteiger partial charge in [0.05, 0.1) is 4.92 Å². The van der Waals surface area contributed by atoms with Crippen LogP contribution in [-0.4, -0.2) is 21.4 Å². The average Bonchev–Trinajstić information content (AvgIpc) is 2.74. The van der Waals surface area contributed by atoms with Crippen LogP contribution in [0.4, 0.5) is 17.2 Å². The molecule has 2 aromatic heterocycles. The third-order valence-corrected chi connectivity index (χ3v) is 5.09. The number of nitrogens with zero attached hydrogens (tertiary/aromatic N) is 4. The van der Waals surface area contributed by atoms with E-state index in [1.165, 1.54) is 17.2 Å². The third-order valence-electron chi connectivity index (χ3n) is 5.09. The fraction of sp³-hybridized carbons (Fsp3) is 0.217. The molecule has 0 bridgehead atoms. The molecule has 0 unspecified atom stereocenters. The van der Waals surface area contributed by atoms with E-state index in [1.807, 2.05) is 43.6 Å². The van der Waals surface area contributed by atoms with Crippen LogP contribution in [0.15, 0.2) is 66.5 Å².